The molecule has 1 aromatic heterocycles. The molecule has 0 aliphatic heterocycles. The van der Waals surface area contributed by atoms with Crippen LogP contribution < -0.4 is 11.2 Å². The van der Waals surface area contributed by atoms with Crippen LogP contribution in [0.4, 0.5) is 4.39 Å². The first-order chi connectivity index (χ1) is 10.2. The van der Waals surface area contributed by atoms with E-state index in [-0.39, 0.29) is 17.8 Å². The first kappa shape index (κ1) is 13.5. The Bertz CT molecular complexity index is 858. The monoisotopic (exact) mass is 283 g/mol. The van der Waals surface area contributed by atoms with Gasteiger partial charge in [-0.1, -0.05) is 18.2 Å². The zero-order valence-corrected chi connectivity index (χ0v) is 11.3. The van der Waals surface area contributed by atoms with Crippen molar-refractivity contribution in [3.05, 3.63) is 75.8 Å². The van der Waals surface area contributed by atoms with Gasteiger partial charge in [-0.25, -0.2) is 4.39 Å². The van der Waals surface area contributed by atoms with Crippen LogP contribution in [0.25, 0.3) is 10.9 Å². The molecule has 0 fully saturated rings. The Hall–Kier alpha value is -2.53. The summed E-state index contributed by atoms with van der Waals surface area (Å²) < 4.78 is 15.2. The van der Waals surface area contributed by atoms with Crippen molar-refractivity contribution in [1.29, 1.82) is 0 Å². The van der Waals surface area contributed by atoms with E-state index >= 15 is 0 Å². The summed E-state index contributed by atoms with van der Waals surface area (Å²) in [4.78, 5) is 11.8. The lowest BCUT2D eigenvalue weighted by atomic mass is 10.1. The lowest BCUT2D eigenvalue weighted by Gasteiger charge is -2.10. The average molecular weight is 283 g/mol. The third-order valence-corrected chi connectivity index (χ3v) is 3.42. The molecular formula is C16H14FN3O. The van der Waals surface area contributed by atoms with Crippen LogP contribution in [0.1, 0.15) is 11.1 Å². The predicted molar refractivity (Wildman–Crippen MR) is 79.4 cm³/mol. The quantitative estimate of drug-likeness (QED) is 0.800. The number of hydrogen-bond donors (Lipinski definition) is 1. The largest absolute Gasteiger partial charge is 0.326 e. The zero-order chi connectivity index (χ0) is 14.8. The highest BCUT2D eigenvalue weighted by molar-refractivity contribution is 5.77. The van der Waals surface area contributed by atoms with E-state index in [1.807, 2.05) is 18.2 Å². The van der Waals surface area contributed by atoms with E-state index in [1.54, 1.807) is 22.9 Å². The third-order valence-electron chi connectivity index (χ3n) is 3.42. The van der Waals surface area contributed by atoms with Gasteiger partial charge in [-0.2, -0.15) is 5.10 Å². The Morgan fingerprint density at radius 2 is 2.00 bits per heavy atom. The molecule has 5 heteroatoms. The molecule has 0 amide bonds. The van der Waals surface area contributed by atoms with Crippen LogP contribution in [0.5, 0.6) is 0 Å². The summed E-state index contributed by atoms with van der Waals surface area (Å²) in [5.41, 5.74) is 7.52. The number of aromatic nitrogens is 2. The highest BCUT2D eigenvalue weighted by Crippen LogP contribution is 2.14. The number of nitrogens with zero attached hydrogens (tertiary/aromatic N) is 2. The molecule has 2 aromatic carbocycles. The second kappa shape index (κ2) is 5.46. The van der Waals surface area contributed by atoms with Crippen molar-refractivity contribution < 1.29 is 4.39 Å². The van der Waals surface area contributed by atoms with E-state index < -0.39 is 0 Å². The van der Waals surface area contributed by atoms with Gasteiger partial charge in [0.05, 0.1) is 18.3 Å². The lowest BCUT2D eigenvalue weighted by Crippen LogP contribution is -2.13. The SMILES string of the molecule is NCc1cc(Cn2ncc(=O)c3ccccc32)ccc1F. The number of halogens is 1. The molecule has 0 unspecified atom stereocenters. The number of nitrogens with two attached hydrogens (primary N) is 1. The first-order valence-electron chi connectivity index (χ1n) is 6.61. The second-order valence-corrected chi connectivity index (χ2v) is 4.81. The molecule has 0 aliphatic rings. The maximum Gasteiger partial charge on any atom is 0.207 e. The Kier molecular flexibility index (Phi) is 3.50. The van der Waals surface area contributed by atoms with Crippen LogP contribution in [-0.4, -0.2) is 9.78 Å². The summed E-state index contributed by atoms with van der Waals surface area (Å²) in [5, 5.41) is 4.78. The van der Waals surface area contributed by atoms with Crippen LogP contribution in [0.2, 0.25) is 0 Å². The Morgan fingerprint density at radius 1 is 1.19 bits per heavy atom. The molecule has 2 N–H and O–H groups in total. The van der Waals surface area contributed by atoms with Gasteiger partial charge in [0, 0.05) is 17.5 Å². The number of benzene rings is 2. The molecule has 3 aromatic rings. The van der Waals surface area contributed by atoms with Gasteiger partial charge in [0.15, 0.2) is 0 Å². The topological polar surface area (TPSA) is 60.9 Å². The van der Waals surface area contributed by atoms with Crippen molar-refractivity contribution in [2.24, 2.45) is 5.73 Å². The summed E-state index contributed by atoms with van der Waals surface area (Å²) in [6.07, 6.45) is 1.30. The fraction of sp³-hybridized carbons (Fsp3) is 0.125. The summed E-state index contributed by atoms with van der Waals surface area (Å²) >= 11 is 0. The molecule has 106 valence electrons. The molecule has 0 saturated carbocycles. The Labute approximate surface area is 120 Å². The van der Waals surface area contributed by atoms with E-state index in [0.717, 1.165) is 11.1 Å². The van der Waals surface area contributed by atoms with Crippen molar-refractivity contribution in [3.63, 3.8) is 0 Å². The molecule has 4 nitrogen and oxygen atoms in total. The van der Waals surface area contributed by atoms with Gasteiger partial charge in [0.25, 0.3) is 0 Å². The Morgan fingerprint density at radius 3 is 2.81 bits per heavy atom. The molecule has 0 atom stereocenters. The van der Waals surface area contributed by atoms with E-state index in [1.165, 1.54) is 12.3 Å². The standard InChI is InChI=1S/C16H14FN3O/c17-14-6-5-11(7-12(14)8-18)10-20-15-4-2-1-3-13(15)16(21)9-19-20/h1-7,9H,8,10,18H2. The van der Waals surface area contributed by atoms with Crippen LogP contribution in [-0.2, 0) is 13.1 Å². The first-order valence-corrected chi connectivity index (χ1v) is 6.61. The fourth-order valence-corrected chi connectivity index (χ4v) is 2.34. The smallest absolute Gasteiger partial charge is 0.207 e. The predicted octanol–water partition coefficient (Wildman–Crippen LogP) is 2.04. The number of rotatable bonds is 3. The van der Waals surface area contributed by atoms with Gasteiger partial charge in [-0.05, 0) is 29.8 Å². The van der Waals surface area contributed by atoms with Gasteiger partial charge in [-0.3, -0.25) is 9.48 Å². The van der Waals surface area contributed by atoms with Crippen molar-refractivity contribution in [3.8, 4) is 0 Å². The second-order valence-electron chi connectivity index (χ2n) is 4.81. The summed E-state index contributed by atoms with van der Waals surface area (Å²) in [5.74, 6) is -0.307. The van der Waals surface area contributed by atoms with Crippen LogP contribution in [0.15, 0.2) is 53.5 Å². The van der Waals surface area contributed by atoms with E-state index in [2.05, 4.69) is 5.10 Å². The van der Waals surface area contributed by atoms with Gasteiger partial charge < -0.3 is 5.73 Å². The fourth-order valence-electron chi connectivity index (χ4n) is 2.34. The lowest BCUT2D eigenvalue weighted by molar-refractivity contribution is 0.607. The Balaban J connectivity index is 2.06. The molecule has 0 saturated heterocycles. The van der Waals surface area contributed by atoms with Crippen molar-refractivity contribution in [1.82, 2.24) is 9.78 Å². The van der Waals surface area contributed by atoms with Gasteiger partial charge in [0.2, 0.25) is 5.43 Å². The molecular weight excluding hydrogens is 269 g/mol. The maximum absolute atomic E-state index is 13.5. The minimum absolute atomic E-state index is 0.108. The van der Waals surface area contributed by atoms with E-state index in [0.29, 0.717) is 17.5 Å². The normalized spacial score (nSPS) is 11.0. The molecule has 0 spiro atoms. The summed E-state index contributed by atoms with van der Waals surface area (Å²) in [7, 11) is 0. The van der Waals surface area contributed by atoms with Crippen molar-refractivity contribution in [2.45, 2.75) is 13.1 Å². The van der Waals surface area contributed by atoms with Gasteiger partial charge >= 0.3 is 0 Å². The van der Waals surface area contributed by atoms with Crippen molar-refractivity contribution in [2.75, 3.05) is 0 Å². The molecule has 3 rings (SSSR count). The molecule has 0 aliphatic carbocycles. The minimum Gasteiger partial charge on any atom is -0.326 e. The molecule has 1 heterocycles. The van der Waals surface area contributed by atoms with E-state index in [9.17, 15) is 9.18 Å². The van der Waals surface area contributed by atoms with Crippen molar-refractivity contribution >= 4 is 10.9 Å². The van der Waals surface area contributed by atoms with Crippen LogP contribution in [0.3, 0.4) is 0 Å². The van der Waals surface area contributed by atoms with E-state index in [4.69, 9.17) is 5.73 Å². The highest BCUT2D eigenvalue weighted by atomic mass is 19.1. The third kappa shape index (κ3) is 2.55. The number of hydrogen-bond acceptors (Lipinski definition) is 3. The number of para-hydroxylation sites is 1. The molecule has 0 radical (unpaired) electrons. The average Bonchev–Trinajstić information content (AvgIpc) is 2.52. The zero-order valence-electron chi connectivity index (χ0n) is 11.3. The molecule has 0 bridgehead atoms. The van der Waals surface area contributed by atoms with Gasteiger partial charge in [-0.15, -0.1) is 0 Å². The number of fused-ring (bicyclic) bond motifs is 1. The molecule has 21 heavy (non-hydrogen) atoms. The summed E-state index contributed by atoms with van der Waals surface area (Å²) in [6, 6.07) is 12.1. The summed E-state index contributed by atoms with van der Waals surface area (Å²) in [6.45, 7) is 0.603. The van der Waals surface area contributed by atoms with Crippen LogP contribution in [0, 0.1) is 5.82 Å². The minimum atomic E-state index is -0.307. The highest BCUT2D eigenvalue weighted by Gasteiger charge is 2.06. The van der Waals surface area contributed by atoms with Crippen LogP contribution >= 0.6 is 0 Å². The maximum atomic E-state index is 13.5. The van der Waals surface area contributed by atoms with Gasteiger partial charge in [0.1, 0.15) is 5.82 Å².